The van der Waals surface area contributed by atoms with Crippen LogP contribution >= 0.6 is 0 Å². The minimum atomic E-state index is -0.762. The molecule has 4 atom stereocenters. The average molecular weight is 444 g/mol. The SMILES string of the molecule is COc1ccccc1N1C[C@@]23C=C[C@@H](O2)[C@@H](C(=O)NCCc2c[nH]c4ccccc24)[C@@H]3C1=O. The maximum Gasteiger partial charge on any atom is 0.234 e. The van der Waals surface area contributed by atoms with Crippen LogP contribution in [-0.4, -0.2) is 48.7 Å². The number of nitrogens with one attached hydrogen (secondary N) is 2. The van der Waals surface area contributed by atoms with E-state index in [1.54, 1.807) is 12.0 Å². The fourth-order valence-electron chi connectivity index (χ4n) is 5.63. The van der Waals surface area contributed by atoms with E-state index in [1.807, 2.05) is 60.8 Å². The molecule has 3 aliphatic heterocycles. The van der Waals surface area contributed by atoms with E-state index in [4.69, 9.17) is 9.47 Å². The van der Waals surface area contributed by atoms with Crippen molar-refractivity contribution in [2.45, 2.75) is 18.1 Å². The van der Waals surface area contributed by atoms with E-state index in [2.05, 4.69) is 16.4 Å². The molecule has 33 heavy (non-hydrogen) atoms. The number of aromatic amines is 1. The average Bonchev–Trinajstić information content (AvgIpc) is 3.59. The topological polar surface area (TPSA) is 83.7 Å². The van der Waals surface area contributed by atoms with Gasteiger partial charge in [0, 0.05) is 23.6 Å². The number of fused-ring (bicyclic) bond motifs is 2. The van der Waals surface area contributed by atoms with Crippen molar-refractivity contribution >= 4 is 28.4 Å². The van der Waals surface area contributed by atoms with Crippen LogP contribution in [0.25, 0.3) is 10.9 Å². The van der Waals surface area contributed by atoms with Gasteiger partial charge in [-0.15, -0.1) is 0 Å². The highest BCUT2D eigenvalue weighted by Crippen LogP contribution is 2.53. The first-order valence-electron chi connectivity index (χ1n) is 11.3. The first-order valence-corrected chi connectivity index (χ1v) is 11.3. The smallest absolute Gasteiger partial charge is 0.234 e. The Morgan fingerprint density at radius 2 is 2.06 bits per heavy atom. The molecule has 2 fully saturated rings. The van der Waals surface area contributed by atoms with Crippen LogP contribution in [0.2, 0.25) is 0 Å². The minimum Gasteiger partial charge on any atom is -0.495 e. The molecule has 2 aromatic carbocycles. The summed E-state index contributed by atoms with van der Waals surface area (Å²) in [6.45, 7) is 0.876. The lowest BCUT2D eigenvalue weighted by molar-refractivity contribution is -0.131. The summed E-state index contributed by atoms with van der Waals surface area (Å²) in [6, 6.07) is 15.6. The molecule has 2 bridgehead atoms. The fraction of sp³-hybridized carbons (Fsp3) is 0.308. The molecule has 168 valence electrons. The molecule has 3 aliphatic rings. The summed E-state index contributed by atoms with van der Waals surface area (Å²) in [5, 5.41) is 4.22. The quantitative estimate of drug-likeness (QED) is 0.574. The fourth-order valence-corrected chi connectivity index (χ4v) is 5.63. The standard InChI is InChI=1S/C26H25N3O4/c1-32-20-9-5-4-8-19(20)29-15-26-12-10-21(33-26)22(23(26)25(29)31)24(30)27-13-11-16-14-28-18-7-3-2-6-17(16)18/h2-10,12,14,21-23,28H,11,13,15H2,1H3,(H,27,30)/t21-,22-,23-,26-/m1/s1. The number of rotatable bonds is 6. The molecule has 2 amide bonds. The number of amides is 2. The third kappa shape index (κ3) is 2.99. The molecule has 1 aromatic heterocycles. The summed E-state index contributed by atoms with van der Waals surface area (Å²) >= 11 is 0. The molecule has 7 heteroatoms. The summed E-state index contributed by atoms with van der Waals surface area (Å²) in [6.07, 6.45) is 6.22. The summed E-state index contributed by atoms with van der Waals surface area (Å²) < 4.78 is 11.7. The van der Waals surface area contributed by atoms with Gasteiger partial charge in [0.2, 0.25) is 11.8 Å². The Hall–Kier alpha value is -3.58. The molecule has 4 heterocycles. The van der Waals surface area contributed by atoms with Gasteiger partial charge >= 0.3 is 0 Å². The highest BCUT2D eigenvalue weighted by Gasteiger charge is 2.67. The number of para-hydroxylation sites is 3. The van der Waals surface area contributed by atoms with Crippen LogP contribution in [0, 0.1) is 11.8 Å². The van der Waals surface area contributed by atoms with E-state index in [9.17, 15) is 9.59 Å². The Balaban J connectivity index is 1.19. The van der Waals surface area contributed by atoms with Gasteiger partial charge in [-0.2, -0.15) is 0 Å². The van der Waals surface area contributed by atoms with Crippen LogP contribution in [-0.2, 0) is 20.7 Å². The van der Waals surface area contributed by atoms with Crippen molar-refractivity contribution in [3.63, 3.8) is 0 Å². The van der Waals surface area contributed by atoms with Crippen LogP contribution < -0.4 is 15.0 Å². The highest BCUT2D eigenvalue weighted by atomic mass is 16.5. The number of methoxy groups -OCH3 is 1. The Morgan fingerprint density at radius 3 is 2.94 bits per heavy atom. The van der Waals surface area contributed by atoms with Crippen LogP contribution in [0.4, 0.5) is 5.69 Å². The Bertz CT molecular complexity index is 1280. The van der Waals surface area contributed by atoms with Crippen molar-refractivity contribution in [3.05, 3.63) is 72.4 Å². The number of hydrogen-bond acceptors (Lipinski definition) is 4. The first-order chi connectivity index (χ1) is 16.1. The van der Waals surface area contributed by atoms with Crippen molar-refractivity contribution < 1.29 is 19.1 Å². The van der Waals surface area contributed by atoms with E-state index in [0.717, 1.165) is 16.5 Å². The lowest BCUT2D eigenvalue weighted by Crippen LogP contribution is -2.44. The van der Waals surface area contributed by atoms with Gasteiger partial charge < -0.3 is 24.7 Å². The predicted molar refractivity (Wildman–Crippen MR) is 124 cm³/mol. The second-order valence-corrected chi connectivity index (χ2v) is 8.90. The second kappa shape index (κ2) is 7.49. The predicted octanol–water partition coefficient (Wildman–Crippen LogP) is 2.82. The number of benzene rings is 2. The van der Waals surface area contributed by atoms with Gasteiger partial charge in [-0.25, -0.2) is 0 Å². The molecule has 3 aromatic rings. The highest BCUT2D eigenvalue weighted by molar-refractivity contribution is 6.04. The van der Waals surface area contributed by atoms with Crippen molar-refractivity contribution in [1.29, 1.82) is 0 Å². The van der Waals surface area contributed by atoms with E-state index in [0.29, 0.717) is 30.9 Å². The number of hydrogen-bond donors (Lipinski definition) is 2. The largest absolute Gasteiger partial charge is 0.495 e. The molecule has 2 saturated heterocycles. The Morgan fingerprint density at radius 1 is 1.24 bits per heavy atom. The number of H-pyrrole nitrogens is 1. The summed E-state index contributed by atoms with van der Waals surface area (Å²) in [4.78, 5) is 31.7. The van der Waals surface area contributed by atoms with Crippen LogP contribution in [0.3, 0.4) is 0 Å². The normalized spacial score (nSPS) is 27.4. The number of carbonyl (C=O) groups excluding carboxylic acids is 2. The molecule has 6 rings (SSSR count). The van der Waals surface area contributed by atoms with Crippen LogP contribution in [0.5, 0.6) is 5.75 Å². The Kier molecular flexibility index (Phi) is 4.55. The van der Waals surface area contributed by atoms with Crippen molar-refractivity contribution in [2.24, 2.45) is 11.8 Å². The van der Waals surface area contributed by atoms with Gasteiger partial charge in [-0.05, 0) is 30.2 Å². The molecule has 0 saturated carbocycles. The molecule has 2 N–H and O–H groups in total. The zero-order valence-corrected chi connectivity index (χ0v) is 18.3. The van der Waals surface area contributed by atoms with E-state index in [1.165, 1.54) is 0 Å². The van der Waals surface area contributed by atoms with Crippen molar-refractivity contribution in [2.75, 3.05) is 25.1 Å². The van der Waals surface area contributed by atoms with Gasteiger partial charge in [0.05, 0.1) is 37.3 Å². The second-order valence-electron chi connectivity index (χ2n) is 8.90. The molecule has 0 aliphatic carbocycles. The third-order valence-electron chi connectivity index (χ3n) is 7.15. The van der Waals surface area contributed by atoms with Crippen LogP contribution in [0.1, 0.15) is 5.56 Å². The first kappa shape index (κ1) is 20.1. The van der Waals surface area contributed by atoms with E-state index >= 15 is 0 Å². The molecule has 0 unspecified atom stereocenters. The van der Waals surface area contributed by atoms with Gasteiger partial charge in [0.1, 0.15) is 11.4 Å². The summed E-state index contributed by atoms with van der Waals surface area (Å²) in [7, 11) is 1.59. The third-order valence-corrected chi connectivity index (χ3v) is 7.15. The Labute approximate surface area is 191 Å². The lowest BCUT2D eigenvalue weighted by atomic mass is 9.77. The van der Waals surface area contributed by atoms with Gasteiger partial charge in [-0.3, -0.25) is 9.59 Å². The zero-order chi connectivity index (χ0) is 22.6. The molecular formula is C26H25N3O4. The van der Waals surface area contributed by atoms with Gasteiger partial charge in [0.15, 0.2) is 0 Å². The van der Waals surface area contributed by atoms with Crippen LogP contribution in [0.15, 0.2) is 66.9 Å². The maximum absolute atomic E-state index is 13.5. The summed E-state index contributed by atoms with van der Waals surface area (Å²) in [5.41, 5.74) is 2.18. The lowest BCUT2D eigenvalue weighted by Gasteiger charge is -2.23. The zero-order valence-electron chi connectivity index (χ0n) is 18.3. The van der Waals surface area contributed by atoms with E-state index < -0.39 is 17.4 Å². The number of aromatic nitrogens is 1. The van der Waals surface area contributed by atoms with E-state index in [-0.39, 0.29) is 17.9 Å². The van der Waals surface area contributed by atoms with Gasteiger partial charge in [-0.1, -0.05) is 42.5 Å². The number of anilines is 1. The monoisotopic (exact) mass is 443 g/mol. The molecule has 1 spiro atoms. The number of nitrogens with zero attached hydrogens (tertiary/aromatic N) is 1. The number of carbonyl (C=O) groups is 2. The molecule has 0 radical (unpaired) electrons. The van der Waals surface area contributed by atoms with Crippen molar-refractivity contribution in [3.8, 4) is 5.75 Å². The molecule has 7 nitrogen and oxygen atoms in total. The van der Waals surface area contributed by atoms with Gasteiger partial charge in [0.25, 0.3) is 0 Å². The maximum atomic E-state index is 13.5. The summed E-state index contributed by atoms with van der Waals surface area (Å²) in [5.74, 6) is -0.675. The molecular weight excluding hydrogens is 418 g/mol. The number of ether oxygens (including phenoxy) is 2. The van der Waals surface area contributed by atoms with Crippen molar-refractivity contribution in [1.82, 2.24) is 10.3 Å². The minimum absolute atomic E-state index is 0.0943.